The predicted octanol–water partition coefficient (Wildman–Crippen LogP) is 2.89. The first kappa shape index (κ1) is 27.9. The lowest BCUT2D eigenvalue weighted by Crippen LogP contribution is -3.00. The molecule has 0 radical (unpaired) electrons. The van der Waals surface area contributed by atoms with Gasteiger partial charge >= 0.3 is 0 Å². The van der Waals surface area contributed by atoms with Crippen LogP contribution in [0.1, 0.15) is 63.8 Å². The summed E-state index contributed by atoms with van der Waals surface area (Å²) in [6.45, 7) is 14.2. The van der Waals surface area contributed by atoms with Gasteiger partial charge < -0.3 is 22.8 Å². The van der Waals surface area contributed by atoms with E-state index in [1.54, 1.807) is 16.4 Å². The third-order valence-corrected chi connectivity index (χ3v) is 7.20. The fraction of sp³-hybridized carbons (Fsp3) is 0.345. The third-order valence-electron chi connectivity index (χ3n) is 6.19. The van der Waals surface area contributed by atoms with Crippen LogP contribution in [0, 0.1) is 0 Å². The van der Waals surface area contributed by atoms with Crippen LogP contribution < -0.4 is 27.4 Å². The van der Waals surface area contributed by atoms with Gasteiger partial charge in [-0.1, -0.05) is 102 Å². The van der Waals surface area contributed by atoms with Crippen molar-refractivity contribution in [1.82, 2.24) is 14.9 Å². The quantitative estimate of drug-likeness (QED) is 0.222. The topological polar surface area (TPSA) is 60.6 Å². The molecule has 36 heavy (non-hydrogen) atoms. The lowest BCUT2D eigenvalue weighted by molar-refractivity contribution is -0.688. The van der Waals surface area contributed by atoms with Crippen molar-refractivity contribution in [2.75, 3.05) is 5.84 Å². The first-order valence-electron chi connectivity index (χ1n) is 12.0. The van der Waals surface area contributed by atoms with Crippen LogP contribution in [-0.2, 0) is 23.1 Å². The highest BCUT2D eigenvalue weighted by Gasteiger charge is 2.16. The number of hydrogen-bond donors (Lipinski definition) is 1. The Morgan fingerprint density at radius 3 is 1.75 bits per heavy atom. The molecule has 2 N–H and O–H groups in total. The Bertz CT molecular complexity index is 1270. The molecule has 190 valence electrons. The first-order chi connectivity index (χ1) is 16.5. The Kier molecular flexibility index (Phi) is 8.67. The lowest BCUT2D eigenvalue weighted by atomic mass is 9.87. The van der Waals surface area contributed by atoms with E-state index >= 15 is 0 Å². The van der Waals surface area contributed by atoms with E-state index in [-0.39, 0.29) is 27.8 Å². The Morgan fingerprint density at radius 2 is 1.25 bits per heavy atom. The Labute approximate surface area is 229 Å². The number of pyridine rings is 1. The maximum atomic E-state index is 6.36. The lowest BCUT2D eigenvalue weighted by Gasteiger charge is -2.19. The molecule has 2 aromatic carbocycles. The van der Waals surface area contributed by atoms with E-state index in [0.717, 1.165) is 17.9 Å². The number of halogens is 1. The number of benzene rings is 2. The molecule has 0 aliphatic heterocycles. The van der Waals surface area contributed by atoms with E-state index in [1.807, 2.05) is 12.1 Å². The molecular weight excluding hydrogens is 530 g/mol. The maximum Gasteiger partial charge on any atom is 0.210 e. The monoisotopic (exact) mass is 565 g/mol. The van der Waals surface area contributed by atoms with E-state index in [2.05, 4.69) is 117 Å². The maximum absolute atomic E-state index is 6.36. The number of hydrogen-bond acceptors (Lipinski definition) is 4. The zero-order valence-corrected chi connectivity index (χ0v) is 24.4. The standard InChI is InChI=1S/C29H36N5S.BrH/c1-28(2,3)24-11-7-21(8-12-24)19-33-17-15-23(16-18-33)26-31-32-27(34(26)30)35-20-22-9-13-25(14-10-22)29(4,5)6;/h7-18H,19-20,30H2,1-6H3;1H/q+1;/p-1. The second-order valence-electron chi connectivity index (χ2n) is 11.1. The van der Waals surface area contributed by atoms with Crippen molar-refractivity contribution in [2.45, 2.75) is 69.8 Å². The van der Waals surface area contributed by atoms with Crippen LogP contribution >= 0.6 is 11.8 Å². The van der Waals surface area contributed by atoms with E-state index < -0.39 is 0 Å². The number of nitrogens with zero attached hydrogens (tertiary/aromatic N) is 4. The summed E-state index contributed by atoms with van der Waals surface area (Å²) in [5.74, 6) is 7.81. The summed E-state index contributed by atoms with van der Waals surface area (Å²) >= 11 is 1.60. The van der Waals surface area contributed by atoms with Crippen molar-refractivity contribution in [3.63, 3.8) is 0 Å². The van der Waals surface area contributed by atoms with Gasteiger partial charge in [-0.15, -0.1) is 10.2 Å². The molecule has 7 heteroatoms. The first-order valence-corrected chi connectivity index (χ1v) is 13.0. The van der Waals surface area contributed by atoms with Gasteiger partial charge in [-0.25, -0.2) is 9.24 Å². The summed E-state index contributed by atoms with van der Waals surface area (Å²) in [4.78, 5) is 0. The van der Waals surface area contributed by atoms with Crippen LogP contribution in [0.2, 0.25) is 0 Å². The molecule has 0 amide bonds. The minimum atomic E-state index is 0. The van der Waals surface area contributed by atoms with E-state index in [0.29, 0.717) is 11.0 Å². The van der Waals surface area contributed by atoms with Gasteiger partial charge in [0.2, 0.25) is 5.16 Å². The number of nitrogens with two attached hydrogens (primary N) is 1. The fourth-order valence-electron chi connectivity index (χ4n) is 3.85. The minimum absolute atomic E-state index is 0. The Morgan fingerprint density at radius 1 is 0.750 bits per heavy atom. The average Bonchev–Trinajstić information content (AvgIpc) is 3.18. The van der Waals surface area contributed by atoms with E-state index in [4.69, 9.17) is 5.84 Å². The third kappa shape index (κ3) is 6.77. The van der Waals surface area contributed by atoms with Gasteiger partial charge in [-0.2, -0.15) is 0 Å². The second-order valence-corrected chi connectivity index (χ2v) is 12.1. The van der Waals surface area contributed by atoms with E-state index in [9.17, 15) is 0 Å². The summed E-state index contributed by atoms with van der Waals surface area (Å²) in [6, 6.07) is 21.7. The molecule has 0 unspecified atom stereocenters. The largest absolute Gasteiger partial charge is 1.00 e. The number of aromatic nitrogens is 4. The van der Waals surface area contributed by atoms with Crippen LogP contribution in [0.25, 0.3) is 11.4 Å². The van der Waals surface area contributed by atoms with Crippen LogP contribution in [0.15, 0.2) is 78.2 Å². The van der Waals surface area contributed by atoms with Crippen molar-refractivity contribution in [3.05, 3.63) is 95.3 Å². The van der Waals surface area contributed by atoms with Gasteiger partial charge in [0.05, 0.1) is 0 Å². The molecule has 0 spiro atoms. The fourth-order valence-corrected chi connectivity index (χ4v) is 4.67. The second kappa shape index (κ2) is 11.2. The summed E-state index contributed by atoms with van der Waals surface area (Å²) in [5.41, 5.74) is 6.46. The van der Waals surface area contributed by atoms with Crippen LogP contribution in [0.4, 0.5) is 0 Å². The molecule has 5 nitrogen and oxygen atoms in total. The molecule has 2 heterocycles. The molecule has 0 saturated heterocycles. The molecule has 0 saturated carbocycles. The molecule has 4 rings (SSSR count). The highest BCUT2D eigenvalue weighted by Crippen LogP contribution is 2.27. The van der Waals surface area contributed by atoms with Gasteiger partial charge in [-0.3, -0.25) is 0 Å². The molecule has 4 aromatic rings. The SMILES string of the molecule is CC(C)(C)c1ccc(CSc2nnc(-c3cc[n+](Cc4ccc(C(C)(C)C)cc4)cc3)n2N)cc1.[Br-]. The van der Waals surface area contributed by atoms with Gasteiger partial charge in [0.15, 0.2) is 24.8 Å². The van der Waals surface area contributed by atoms with Crippen molar-refractivity contribution in [1.29, 1.82) is 0 Å². The van der Waals surface area contributed by atoms with E-state index in [1.165, 1.54) is 22.3 Å². The van der Waals surface area contributed by atoms with Crippen molar-refractivity contribution < 1.29 is 21.5 Å². The molecule has 0 aliphatic rings. The summed E-state index contributed by atoms with van der Waals surface area (Å²) in [7, 11) is 0. The molecule has 0 fully saturated rings. The summed E-state index contributed by atoms with van der Waals surface area (Å²) in [5, 5.41) is 9.38. The number of thioether (sulfide) groups is 1. The molecule has 0 bridgehead atoms. The van der Waals surface area contributed by atoms with Crippen LogP contribution in [-0.4, -0.2) is 14.9 Å². The highest BCUT2D eigenvalue weighted by atomic mass is 79.9. The zero-order valence-electron chi connectivity index (χ0n) is 22.0. The van der Waals surface area contributed by atoms with Gasteiger partial charge in [0, 0.05) is 29.0 Å². The molecule has 0 atom stereocenters. The highest BCUT2D eigenvalue weighted by molar-refractivity contribution is 7.98. The minimum Gasteiger partial charge on any atom is -1.00 e. The van der Waals surface area contributed by atoms with Crippen LogP contribution in [0.5, 0.6) is 0 Å². The predicted molar refractivity (Wildman–Crippen MR) is 145 cm³/mol. The van der Waals surface area contributed by atoms with Crippen LogP contribution in [0.3, 0.4) is 0 Å². The Hall–Kier alpha value is -2.64. The molecule has 2 aromatic heterocycles. The number of rotatable bonds is 6. The molecule has 0 aliphatic carbocycles. The van der Waals surface area contributed by atoms with Gasteiger partial charge in [0.1, 0.15) is 0 Å². The smallest absolute Gasteiger partial charge is 0.210 e. The normalized spacial score (nSPS) is 11.8. The summed E-state index contributed by atoms with van der Waals surface area (Å²) < 4.78 is 3.74. The average molecular weight is 567 g/mol. The van der Waals surface area contributed by atoms with Crippen molar-refractivity contribution in [2.24, 2.45) is 0 Å². The van der Waals surface area contributed by atoms with Gasteiger partial charge in [-0.05, 0) is 27.5 Å². The van der Waals surface area contributed by atoms with Crippen molar-refractivity contribution >= 4 is 11.8 Å². The zero-order chi connectivity index (χ0) is 25.2. The van der Waals surface area contributed by atoms with Gasteiger partial charge in [0.25, 0.3) is 0 Å². The number of nitrogen functional groups attached to an aromatic ring is 1. The Balaban J connectivity index is 0.00000361. The van der Waals surface area contributed by atoms with Crippen molar-refractivity contribution in [3.8, 4) is 11.4 Å². The summed E-state index contributed by atoms with van der Waals surface area (Å²) in [6.07, 6.45) is 4.12. The molecular formula is C29H36BrN5S.